The molecule has 0 heterocycles. The standard InChI is InChI=1S/C31H30N4O4S/c1-3-24-14-20-28(21-15-24)35(40(38,39)29-12-8-5-9-13-29)22-30(36)34-33-23(2)25-16-18-27(19-17-25)32-31(37)26-10-6-4-7-11-26/h4-21H,3,22H2,1-2H3,(H,32,37)(H,34,36)/b33-23-. The second-order valence-electron chi connectivity index (χ2n) is 8.97. The molecule has 0 spiro atoms. The van der Waals surface area contributed by atoms with Crippen molar-refractivity contribution in [3.8, 4) is 0 Å². The van der Waals surface area contributed by atoms with Gasteiger partial charge < -0.3 is 5.32 Å². The fourth-order valence-electron chi connectivity index (χ4n) is 3.90. The minimum atomic E-state index is -4.00. The predicted octanol–water partition coefficient (Wildman–Crippen LogP) is 5.24. The van der Waals surface area contributed by atoms with Gasteiger partial charge in [0.2, 0.25) is 0 Å². The summed E-state index contributed by atoms with van der Waals surface area (Å²) in [5.74, 6) is -0.810. The third-order valence-electron chi connectivity index (χ3n) is 6.20. The lowest BCUT2D eigenvalue weighted by atomic mass is 10.1. The molecule has 0 aliphatic rings. The van der Waals surface area contributed by atoms with Gasteiger partial charge in [-0.25, -0.2) is 13.8 Å². The molecule has 0 atom stereocenters. The van der Waals surface area contributed by atoms with Crippen molar-refractivity contribution in [2.24, 2.45) is 5.10 Å². The van der Waals surface area contributed by atoms with Crippen LogP contribution in [0.1, 0.15) is 35.3 Å². The molecule has 0 radical (unpaired) electrons. The van der Waals surface area contributed by atoms with Crippen LogP contribution in [-0.4, -0.2) is 32.5 Å². The number of hydrazone groups is 1. The summed E-state index contributed by atoms with van der Waals surface area (Å²) in [7, 11) is -4.00. The van der Waals surface area contributed by atoms with Crippen LogP contribution in [0.4, 0.5) is 11.4 Å². The number of amides is 2. The highest BCUT2D eigenvalue weighted by molar-refractivity contribution is 7.92. The molecule has 0 fully saturated rings. The van der Waals surface area contributed by atoms with Gasteiger partial charge in [0, 0.05) is 11.3 Å². The molecule has 2 N–H and O–H groups in total. The van der Waals surface area contributed by atoms with Crippen molar-refractivity contribution in [2.45, 2.75) is 25.2 Å². The van der Waals surface area contributed by atoms with Crippen molar-refractivity contribution in [1.29, 1.82) is 0 Å². The number of hydrogen-bond acceptors (Lipinski definition) is 5. The van der Waals surface area contributed by atoms with Gasteiger partial charge in [0.1, 0.15) is 6.54 Å². The molecule has 9 heteroatoms. The Morgan fingerprint density at radius 3 is 1.98 bits per heavy atom. The summed E-state index contributed by atoms with van der Waals surface area (Å²) in [5.41, 5.74) is 6.31. The lowest BCUT2D eigenvalue weighted by Crippen LogP contribution is -2.39. The zero-order chi connectivity index (χ0) is 28.5. The topological polar surface area (TPSA) is 108 Å². The van der Waals surface area contributed by atoms with Gasteiger partial charge in [0.05, 0.1) is 16.3 Å². The van der Waals surface area contributed by atoms with E-state index in [4.69, 9.17) is 0 Å². The third kappa shape index (κ3) is 7.00. The van der Waals surface area contributed by atoms with E-state index >= 15 is 0 Å². The van der Waals surface area contributed by atoms with E-state index in [-0.39, 0.29) is 10.8 Å². The first-order valence-electron chi connectivity index (χ1n) is 12.7. The summed E-state index contributed by atoms with van der Waals surface area (Å²) in [4.78, 5) is 25.4. The van der Waals surface area contributed by atoms with E-state index in [0.717, 1.165) is 21.9 Å². The molecule has 0 bridgehead atoms. The first-order chi connectivity index (χ1) is 19.3. The van der Waals surface area contributed by atoms with E-state index in [1.54, 1.807) is 85.8 Å². The molecule has 4 aromatic rings. The van der Waals surface area contributed by atoms with Gasteiger partial charge in [-0.05, 0) is 73.0 Å². The third-order valence-corrected chi connectivity index (χ3v) is 7.98. The van der Waals surface area contributed by atoms with Gasteiger partial charge in [0.15, 0.2) is 0 Å². The zero-order valence-electron chi connectivity index (χ0n) is 22.2. The van der Waals surface area contributed by atoms with Gasteiger partial charge >= 0.3 is 0 Å². The maximum Gasteiger partial charge on any atom is 0.264 e. The van der Waals surface area contributed by atoms with E-state index < -0.39 is 22.5 Å². The van der Waals surface area contributed by atoms with Crippen LogP contribution in [0.15, 0.2) is 119 Å². The normalized spacial score (nSPS) is 11.5. The quantitative estimate of drug-likeness (QED) is 0.207. The maximum absolute atomic E-state index is 13.5. The molecular formula is C31H30N4O4S. The molecule has 0 aliphatic heterocycles. The van der Waals surface area contributed by atoms with Crippen LogP contribution >= 0.6 is 0 Å². The van der Waals surface area contributed by atoms with Gasteiger partial charge in [0.25, 0.3) is 21.8 Å². The molecule has 0 saturated carbocycles. The summed E-state index contributed by atoms with van der Waals surface area (Å²) in [6, 6.07) is 31.0. The van der Waals surface area contributed by atoms with Crippen LogP contribution in [-0.2, 0) is 21.2 Å². The molecule has 4 aromatic carbocycles. The first-order valence-corrected chi connectivity index (χ1v) is 14.2. The number of nitrogens with one attached hydrogen (secondary N) is 2. The summed E-state index contributed by atoms with van der Waals surface area (Å²) in [6.07, 6.45) is 0.806. The summed E-state index contributed by atoms with van der Waals surface area (Å²) >= 11 is 0. The van der Waals surface area contributed by atoms with Crippen molar-refractivity contribution in [3.05, 3.63) is 126 Å². The lowest BCUT2D eigenvalue weighted by Gasteiger charge is -2.24. The smallest absolute Gasteiger partial charge is 0.264 e. The molecule has 8 nitrogen and oxygen atoms in total. The highest BCUT2D eigenvalue weighted by Crippen LogP contribution is 2.24. The molecule has 2 amide bonds. The number of anilines is 2. The van der Waals surface area contributed by atoms with E-state index in [0.29, 0.717) is 22.6 Å². The summed E-state index contributed by atoms with van der Waals surface area (Å²) in [6.45, 7) is 3.28. The van der Waals surface area contributed by atoms with Crippen LogP contribution < -0.4 is 15.0 Å². The van der Waals surface area contributed by atoms with Crippen molar-refractivity contribution < 1.29 is 18.0 Å². The molecule has 0 unspecified atom stereocenters. The minimum Gasteiger partial charge on any atom is -0.322 e. The van der Waals surface area contributed by atoms with E-state index in [2.05, 4.69) is 15.8 Å². The Labute approximate surface area is 234 Å². The molecule has 0 aliphatic carbocycles. The average Bonchev–Trinajstić information content (AvgIpc) is 3.00. The van der Waals surface area contributed by atoms with Gasteiger partial charge in [-0.15, -0.1) is 0 Å². The number of hydrogen-bond donors (Lipinski definition) is 2. The molecular weight excluding hydrogens is 524 g/mol. The summed E-state index contributed by atoms with van der Waals surface area (Å²) < 4.78 is 28.0. The van der Waals surface area contributed by atoms with Crippen LogP contribution in [0.25, 0.3) is 0 Å². The number of aryl methyl sites for hydroxylation is 1. The number of rotatable bonds is 10. The highest BCUT2D eigenvalue weighted by atomic mass is 32.2. The number of benzene rings is 4. The number of carbonyl (C=O) groups is 2. The first kappa shape index (κ1) is 28.3. The Bertz CT molecular complexity index is 1590. The van der Waals surface area contributed by atoms with Crippen LogP contribution in [0.3, 0.4) is 0 Å². The lowest BCUT2D eigenvalue weighted by molar-refractivity contribution is -0.119. The van der Waals surface area contributed by atoms with Crippen molar-refractivity contribution >= 4 is 38.9 Å². The Balaban J connectivity index is 1.46. The zero-order valence-corrected chi connectivity index (χ0v) is 23.1. The summed E-state index contributed by atoms with van der Waals surface area (Å²) in [5, 5.41) is 7.01. The molecule has 0 saturated heterocycles. The minimum absolute atomic E-state index is 0.0847. The molecule has 204 valence electrons. The van der Waals surface area contributed by atoms with Crippen LogP contribution in [0.5, 0.6) is 0 Å². The van der Waals surface area contributed by atoms with Gasteiger partial charge in [-0.1, -0.05) is 67.6 Å². The molecule has 40 heavy (non-hydrogen) atoms. The van der Waals surface area contributed by atoms with Crippen molar-refractivity contribution in [3.63, 3.8) is 0 Å². The fourth-order valence-corrected chi connectivity index (χ4v) is 5.34. The van der Waals surface area contributed by atoms with Gasteiger partial charge in [-0.3, -0.25) is 13.9 Å². The Hall–Kier alpha value is -4.76. The maximum atomic E-state index is 13.5. The average molecular weight is 555 g/mol. The Morgan fingerprint density at radius 1 is 0.775 bits per heavy atom. The van der Waals surface area contributed by atoms with Gasteiger partial charge in [-0.2, -0.15) is 5.10 Å². The second kappa shape index (κ2) is 12.9. The van der Waals surface area contributed by atoms with E-state index in [9.17, 15) is 18.0 Å². The van der Waals surface area contributed by atoms with E-state index in [1.165, 1.54) is 12.1 Å². The Kier molecular flexibility index (Phi) is 9.08. The van der Waals surface area contributed by atoms with Crippen LogP contribution in [0.2, 0.25) is 0 Å². The van der Waals surface area contributed by atoms with Crippen molar-refractivity contribution in [1.82, 2.24) is 5.43 Å². The SMILES string of the molecule is CCc1ccc(N(CC(=O)N/N=C(/C)c2ccc(NC(=O)c3ccccc3)cc2)S(=O)(=O)c2ccccc2)cc1. The number of nitrogens with zero attached hydrogens (tertiary/aromatic N) is 2. The number of sulfonamides is 1. The van der Waals surface area contributed by atoms with Crippen molar-refractivity contribution in [2.75, 3.05) is 16.2 Å². The van der Waals surface area contributed by atoms with E-state index in [1.807, 2.05) is 25.1 Å². The molecule has 0 aromatic heterocycles. The fraction of sp³-hybridized carbons (Fsp3) is 0.129. The van der Waals surface area contributed by atoms with Crippen LogP contribution in [0, 0.1) is 0 Å². The highest BCUT2D eigenvalue weighted by Gasteiger charge is 2.27. The predicted molar refractivity (Wildman–Crippen MR) is 158 cm³/mol. The largest absolute Gasteiger partial charge is 0.322 e. The molecule has 4 rings (SSSR count). The number of carbonyl (C=O) groups excluding carboxylic acids is 2. The monoisotopic (exact) mass is 554 g/mol. The Morgan fingerprint density at radius 2 is 1.38 bits per heavy atom. The second-order valence-corrected chi connectivity index (χ2v) is 10.8.